The number of hydrogen-bond acceptors (Lipinski definition) is 9. The maximum Gasteiger partial charge on any atom is 0.364 e. The number of nitrogens with one attached hydrogen (secondary N) is 1. The molecule has 0 saturated carbocycles. The van der Waals surface area contributed by atoms with Crippen molar-refractivity contribution in [3.05, 3.63) is 0 Å². The average molecular weight is 365 g/mol. The SMILES string of the molecule is CO[C@]1(C(=O)O)C[C@H](O)[C@@H](NC(C)=O)[C@H]([C@H](O)[C@H](O)COC(C)=O)O1. The van der Waals surface area contributed by atoms with Crippen molar-refractivity contribution in [2.24, 2.45) is 0 Å². The molecule has 1 rings (SSSR count). The summed E-state index contributed by atoms with van der Waals surface area (Å²) in [6.45, 7) is 1.66. The second kappa shape index (κ2) is 8.54. The molecule has 0 aliphatic carbocycles. The molecule has 0 aromatic rings. The van der Waals surface area contributed by atoms with Gasteiger partial charge in [0.25, 0.3) is 5.79 Å². The van der Waals surface area contributed by atoms with Gasteiger partial charge in [-0.25, -0.2) is 4.79 Å². The highest BCUT2D eigenvalue weighted by molar-refractivity contribution is 5.76. The first kappa shape index (κ1) is 21.3. The molecule has 0 radical (unpaired) electrons. The van der Waals surface area contributed by atoms with E-state index in [9.17, 15) is 34.8 Å². The van der Waals surface area contributed by atoms with Gasteiger partial charge < -0.3 is 40.0 Å². The molecule has 1 heterocycles. The van der Waals surface area contributed by atoms with Gasteiger partial charge in [0.15, 0.2) is 0 Å². The van der Waals surface area contributed by atoms with E-state index in [0.29, 0.717) is 0 Å². The second-order valence-electron chi connectivity index (χ2n) is 5.70. The summed E-state index contributed by atoms with van der Waals surface area (Å²) in [5, 5.41) is 42.1. The molecule has 5 N–H and O–H groups in total. The van der Waals surface area contributed by atoms with E-state index in [2.05, 4.69) is 10.1 Å². The first-order valence-corrected chi connectivity index (χ1v) is 7.45. The molecule has 0 bridgehead atoms. The summed E-state index contributed by atoms with van der Waals surface area (Å²) in [5.74, 6) is -5.10. The van der Waals surface area contributed by atoms with Crippen molar-refractivity contribution in [3.8, 4) is 0 Å². The van der Waals surface area contributed by atoms with Crippen molar-refractivity contribution in [1.29, 1.82) is 0 Å². The molecule has 1 amide bonds. The van der Waals surface area contributed by atoms with E-state index < -0.39 is 67.1 Å². The van der Waals surface area contributed by atoms with Crippen molar-refractivity contribution in [3.63, 3.8) is 0 Å². The third kappa shape index (κ3) is 5.09. The first-order valence-electron chi connectivity index (χ1n) is 7.45. The van der Waals surface area contributed by atoms with Crippen LogP contribution in [0.3, 0.4) is 0 Å². The lowest BCUT2D eigenvalue weighted by molar-refractivity contribution is -0.303. The number of aliphatic hydroxyl groups excluding tert-OH is 3. The van der Waals surface area contributed by atoms with Crippen LogP contribution >= 0.6 is 0 Å². The van der Waals surface area contributed by atoms with Crippen LogP contribution in [0.15, 0.2) is 0 Å². The lowest BCUT2D eigenvalue weighted by atomic mass is 9.88. The van der Waals surface area contributed by atoms with Gasteiger partial charge in [-0.2, -0.15) is 0 Å². The first-order chi connectivity index (χ1) is 11.5. The molecule has 0 spiro atoms. The molecule has 1 aliphatic heterocycles. The smallest absolute Gasteiger partial charge is 0.364 e. The molecule has 144 valence electrons. The minimum Gasteiger partial charge on any atom is -0.477 e. The third-order valence-corrected chi connectivity index (χ3v) is 3.79. The second-order valence-corrected chi connectivity index (χ2v) is 5.70. The number of methoxy groups -OCH3 is 1. The fourth-order valence-corrected chi connectivity index (χ4v) is 2.53. The number of aliphatic hydroxyl groups is 3. The zero-order chi connectivity index (χ0) is 19.4. The van der Waals surface area contributed by atoms with Crippen molar-refractivity contribution < 1.29 is 49.0 Å². The Labute approximate surface area is 143 Å². The molecule has 1 saturated heterocycles. The summed E-state index contributed by atoms with van der Waals surface area (Å²) in [6, 6.07) is -1.22. The van der Waals surface area contributed by atoms with Gasteiger partial charge in [0.05, 0.1) is 12.1 Å². The summed E-state index contributed by atoms with van der Waals surface area (Å²) in [4.78, 5) is 33.6. The number of ether oxygens (including phenoxy) is 3. The van der Waals surface area contributed by atoms with Gasteiger partial charge in [-0.15, -0.1) is 0 Å². The summed E-state index contributed by atoms with van der Waals surface area (Å²) >= 11 is 0. The maximum atomic E-state index is 11.5. The number of aliphatic carboxylic acids is 1. The molecule has 0 aromatic heterocycles. The normalized spacial score (nSPS) is 31.7. The quantitative estimate of drug-likeness (QED) is 0.300. The number of hydrogen-bond donors (Lipinski definition) is 5. The largest absolute Gasteiger partial charge is 0.477 e. The van der Waals surface area contributed by atoms with E-state index in [4.69, 9.17) is 9.47 Å². The number of carbonyl (C=O) groups excluding carboxylic acids is 2. The highest BCUT2D eigenvalue weighted by Gasteiger charge is 2.55. The van der Waals surface area contributed by atoms with Gasteiger partial charge in [0, 0.05) is 27.4 Å². The van der Waals surface area contributed by atoms with Crippen LogP contribution in [-0.2, 0) is 28.6 Å². The molecule has 6 atom stereocenters. The molecule has 25 heavy (non-hydrogen) atoms. The number of esters is 1. The summed E-state index contributed by atoms with van der Waals surface area (Å²) in [7, 11) is 1.04. The number of amides is 1. The number of carbonyl (C=O) groups is 3. The summed E-state index contributed by atoms with van der Waals surface area (Å²) < 4.78 is 14.7. The van der Waals surface area contributed by atoms with E-state index in [0.717, 1.165) is 21.0 Å². The van der Waals surface area contributed by atoms with Crippen LogP contribution < -0.4 is 5.32 Å². The highest BCUT2D eigenvalue weighted by Crippen LogP contribution is 2.33. The van der Waals surface area contributed by atoms with Gasteiger partial charge >= 0.3 is 11.9 Å². The van der Waals surface area contributed by atoms with Gasteiger partial charge in [0.1, 0.15) is 24.9 Å². The molecule has 0 unspecified atom stereocenters. The lowest BCUT2D eigenvalue weighted by Crippen LogP contribution is -2.67. The Hall–Kier alpha value is -1.79. The van der Waals surface area contributed by atoms with Gasteiger partial charge in [0.2, 0.25) is 5.91 Å². The zero-order valence-electron chi connectivity index (χ0n) is 14.0. The van der Waals surface area contributed by atoms with E-state index in [1.807, 2.05) is 0 Å². The predicted octanol–water partition coefficient (Wildman–Crippen LogP) is -2.65. The standard InChI is InChI=1S/C14H23NO10/c1-6(16)15-10-8(18)4-14(23-3,13(21)22)25-12(10)11(20)9(19)5-24-7(2)17/h8-12,18-20H,4-5H2,1-3H3,(H,15,16)(H,21,22)/t8-,9+,10+,11+,12+,14+/m0/s1. The van der Waals surface area contributed by atoms with E-state index in [1.54, 1.807) is 0 Å². The third-order valence-electron chi connectivity index (χ3n) is 3.79. The Morgan fingerprint density at radius 1 is 1.32 bits per heavy atom. The monoisotopic (exact) mass is 365 g/mol. The van der Waals surface area contributed by atoms with Crippen molar-refractivity contribution in [1.82, 2.24) is 5.32 Å². The van der Waals surface area contributed by atoms with Crippen LogP contribution in [0.5, 0.6) is 0 Å². The van der Waals surface area contributed by atoms with Crippen LogP contribution in [0.25, 0.3) is 0 Å². The van der Waals surface area contributed by atoms with Crippen LogP contribution in [-0.4, -0.2) is 88.2 Å². The Morgan fingerprint density at radius 2 is 1.92 bits per heavy atom. The fraction of sp³-hybridized carbons (Fsp3) is 0.786. The Morgan fingerprint density at radius 3 is 2.36 bits per heavy atom. The van der Waals surface area contributed by atoms with E-state index in [1.165, 1.54) is 0 Å². The molecule has 11 heteroatoms. The minimum absolute atomic E-state index is 0.521. The summed E-state index contributed by atoms with van der Waals surface area (Å²) in [6.07, 6.45) is -6.96. The maximum absolute atomic E-state index is 11.5. The molecule has 1 fully saturated rings. The fourth-order valence-electron chi connectivity index (χ4n) is 2.53. The van der Waals surface area contributed by atoms with Gasteiger partial charge in [-0.1, -0.05) is 0 Å². The molecular formula is C14H23NO10. The predicted molar refractivity (Wildman–Crippen MR) is 79.1 cm³/mol. The number of rotatable bonds is 7. The lowest BCUT2D eigenvalue weighted by Gasteiger charge is -2.46. The molecule has 0 aromatic carbocycles. The van der Waals surface area contributed by atoms with Crippen molar-refractivity contribution in [2.75, 3.05) is 13.7 Å². The van der Waals surface area contributed by atoms with Crippen molar-refractivity contribution >= 4 is 17.8 Å². The number of carboxylic acid groups (broad SMARTS) is 1. The Kier molecular flexibility index (Phi) is 7.26. The average Bonchev–Trinajstić information content (AvgIpc) is 2.52. The van der Waals surface area contributed by atoms with Crippen molar-refractivity contribution in [2.45, 2.75) is 56.5 Å². The minimum atomic E-state index is -2.28. The highest BCUT2D eigenvalue weighted by atomic mass is 16.7. The number of carboxylic acids is 1. The van der Waals surface area contributed by atoms with Crippen LogP contribution in [0, 0.1) is 0 Å². The van der Waals surface area contributed by atoms with Gasteiger partial charge in [-0.05, 0) is 0 Å². The van der Waals surface area contributed by atoms with Gasteiger partial charge in [-0.3, -0.25) is 9.59 Å². The molecular weight excluding hydrogens is 342 g/mol. The van der Waals surface area contributed by atoms with E-state index >= 15 is 0 Å². The van der Waals surface area contributed by atoms with Crippen LogP contribution in [0.2, 0.25) is 0 Å². The Balaban J connectivity index is 3.09. The topological polar surface area (TPSA) is 172 Å². The summed E-state index contributed by atoms with van der Waals surface area (Å²) in [5.41, 5.74) is 0. The van der Waals surface area contributed by atoms with Crippen LogP contribution in [0.1, 0.15) is 20.3 Å². The Bertz CT molecular complexity index is 512. The molecule has 1 aliphatic rings. The van der Waals surface area contributed by atoms with Crippen LogP contribution in [0.4, 0.5) is 0 Å². The molecule has 11 nitrogen and oxygen atoms in total. The van der Waals surface area contributed by atoms with E-state index in [-0.39, 0.29) is 0 Å². The zero-order valence-corrected chi connectivity index (χ0v) is 14.0.